The van der Waals surface area contributed by atoms with E-state index >= 15 is 0 Å². The van der Waals surface area contributed by atoms with E-state index in [1.54, 1.807) is 29.2 Å². The number of hydrogen-bond acceptors (Lipinski definition) is 2. The second-order valence-corrected chi connectivity index (χ2v) is 6.55. The molecule has 0 unspecified atom stereocenters. The third-order valence-corrected chi connectivity index (χ3v) is 4.58. The number of nitrogens with zero attached hydrogens (tertiary/aromatic N) is 1. The van der Waals surface area contributed by atoms with Gasteiger partial charge in [-0.05, 0) is 42.3 Å². The van der Waals surface area contributed by atoms with Gasteiger partial charge in [0.25, 0.3) is 11.8 Å². The number of carbonyl (C=O) groups excluding carboxylic acids is 2. The summed E-state index contributed by atoms with van der Waals surface area (Å²) in [4.78, 5) is 26.9. The minimum absolute atomic E-state index is 0.0393. The summed E-state index contributed by atoms with van der Waals surface area (Å²) in [7, 11) is 0. The first-order chi connectivity index (χ1) is 13.7. The van der Waals surface area contributed by atoms with Crippen LogP contribution >= 0.6 is 0 Å². The molecule has 0 spiro atoms. The highest BCUT2D eigenvalue weighted by Crippen LogP contribution is 2.12. The van der Waals surface area contributed by atoms with Crippen molar-refractivity contribution in [1.29, 1.82) is 0 Å². The van der Waals surface area contributed by atoms with Gasteiger partial charge in [-0.1, -0.05) is 60.7 Å². The fraction of sp³-hybridized carbons (Fsp3) is 0.167. The summed E-state index contributed by atoms with van der Waals surface area (Å²) < 4.78 is 0. The Labute approximate surface area is 165 Å². The van der Waals surface area contributed by atoms with Crippen LogP contribution in [-0.2, 0) is 13.1 Å². The van der Waals surface area contributed by atoms with Gasteiger partial charge in [-0.3, -0.25) is 9.59 Å². The minimum Gasteiger partial charge on any atom is -0.348 e. The van der Waals surface area contributed by atoms with Crippen molar-refractivity contribution in [1.82, 2.24) is 10.2 Å². The Morgan fingerprint density at radius 3 is 1.86 bits per heavy atom. The third kappa shape index (κ3) is 5.07. The number of nitrogens with one attached hydrogen (secondary N) is 1. The van der Waals surface area contributed by atoms with Crippen molar-refractivity contribution in [2.24, 2.45) is 0 Å². The molecule has 0 saturated carbocycles. The second kappa shape index (κ2) is 9.51. The van der Waals surface area contributed by atoms with Crippen LogP contribution in [0.4, 0.5) is 0 Å². The van der Waals surface area contributed by atoms with Gasteiger partial charge in [-0.25, -0.2) is 0 Å². The lowest BCUT2D eigenvalue weighted by Gasteiger charge is -2.21. The molecular formula is C24H24N2O2. The first kappa shape index (κ1) is 19.4. The number of rotatable bonds is 7. The predicted octanol–water partition coefficient (Wildman–Crippen LogP) is 4.28. The quantitative estimate of drug-likeness (QED) is 0.673. The molecule has 28 heavy (non-hydrogen) atoms. The van der Waals surface area contributed by atoms with Crippen LogP contribution in [0.15, 0.2) is 84.9 Å². The monoisotopic (exact) mass is 372 g/mol. The van der Waals surface area contributed by atoms with Gasteiger partial charge in [-0.15, -0.1) is 0 Å². The molecule has 4 heteroatoms. The topological polar surface area (TPSA) is 49.4 Å². The van der Waals surface area contributed by atoms with Crippen LogP contribution in [0.3, 0.4) is 0 Å². The zero-order valence-electron chi connectivity index (χ0n) is 16.0. The van der Waals surface area contributed by atoms with Crippen LogP contribution in [0.25, 0.3) is 0 Å². The molecule has 0 heterocycles. The SMILES string of the molecule is CCN(Cc1ccccc1)C(=O)c1ccc(C(=O)NCc2ccccc2)cc1. The molecule has 3 aromatic carbocycles. The Kier molecular flexibility index (Phi) is 6.58. The summed E-state index contributed by atoms with van der Waals surface area (Å²) in [5, 5.41) is 2.90. The lowest BCUT2D eigenvalue weighted by Crippen LogP contribution is -2.30. The molecule has 0 aromatic heterocycles. The van der Waals surface area contributed by atoms with Crippen molar-refractivity contribution in [2.45, 2.75) is 20.0 Å². The van der Waals surface area contributed by atoms with Crippen LogP contribution in [0.1, 0.15) is 38.8 Å². The molecule has 1 N–H and O–H groups in total. The summed E-state index contributed by atoms with van der Waals surface area (Å²) in [6.07, 6.45) is 0. The first-order valence-electron chi connectivity index (χ1n) is 9.42. The van der Waals surface area contributed by atoms with E-state index in [9.17, 15) is 9.59 Å². The molecule has 2 amide bonds. The lowest BCUT2D eigenvalue weighted by molar-refractivity contribution is 0.0752. The standard InChI is InChI=1S/C24H24N2O2/c1-2-26(18-20-11-7-4-8-12-20)24(28)22-15-13-21(14-16-22)23(27)25-17-19-9-5-3-6-10-19/h3-16H,2,17-18H2,1H3,(H,25,27). The molecule has 3 rings (SSSR count). The Morgan fingerprint density at radius 1 is 0.750 bits per heavy atom. The van der Waals surface area contributed by atoms with Gasteiger partial charge in [-0.2, -0.15) is 0 Å². The number of carbonyl (C=O) groups is 2. The molecular weight excluding hydrogens is 348 g/mol. The summed E-state index contributed by atoms with van der Waals surface area (Å²) in [6, 6.07) is 26.5. The van der Waals surface area contributed by atoms with E-state index in [4.69, 9.17) is 0 Å². The predicted molar refractivity (Wildman–Crippen MR) is 111 cm³/mol. The summed E-state index contributed by atoms with van der Waals surface area (Å²) in [6.45, 7) is 3.62. The molecule has 3 aromatic rings. The van der Waals surface area contributed by atoms with Gasteiger partial charge in [0, 0.05) is 30.8 Å². The number of amides is 2. The van der Waals surface area contributed by atoms with Gasteiger partial charge in [0.05, 0.1) is 0 Å². The Morgan fingerprint density at radius 2 is 1.29 bits per heavy atom. The number of benzene rings is 3. The highest BCUT2D eigenvalue weighted by atomic mass is 16.2. The highest BCUT2D eigenvalue weighted by molar-refractivity contribution is 5.97. The van der Waals surface area contributed by atoms with Crippen molar-refractivity contribution < 1.29 is 9.59 Å². The number of hydrogen-bond donors (Lipinski definition) is 1. The van der Waals surface area contributed by atoms with Crippen LogP contribution in [0.2, 0.25) is 0 Å². The molecule has 0 fully saturated rings. The smallest absolute Gasteiger partial charge is 0.254 e. The molecule has 0 radical (unpaired) electrons. The van der Waals surface area contributed by atoms with E-state index in [0.29, 0.717) is 30.8 Å². The lowest BCUT2D eigenvalue weighted by atomic mass is 10.1. The largest absolute Gasteiger partial charge is 0.348 e. The fourth-order valence-electron chi connectivity index (χ4n) is 2.96. The second-order valence-electron chi connectivity index (χ2n) is 6.55. The molecule has 0 bridgehead atoms. The Balaban J connectivity index is 1.62. The zero-order chi connectivity index (χ0) is 19.8. The maximum atomic E-state index is 12.8. The summed E-state index contributed by atoms with van der Waals surface area (Å²) >= 11 is 0. The maximum absolute atomic E-state index is 12.8. The molecule has 4 nitrogen and oxygen atoms in total. The molecule has 142 valence electrons. The van der Waals surface area contributed by atoms with Crippen molar-refractivity contribution in [3.63, 3.8) is 0 Å². The molecule has 0 saturated heterocycles. The van der Waals surface area contributed by atoms with Crippen molar-refractivity contribution in [3.05, 3.63) is 107 Å². The van der Waals surface area contributed by atoms with E-state index in [2.05, 4.69) is 5.32 Å². The van der Waals surface area contributed by atoms with E-state index in [0.717, 1.165) is 11.1 Å². The van der Waals surface area contributed by atoms with Gasteiger partial charge in [0.2, 0.25) is 0 Å². The van der Waals surface area contributed by atoms with Crippen molar-refractivity contribution in [2.75, 3.05) is 6.54 Å². The normalized spacial score (nSPS) is 10.3. The maximum Gasteiger partial charge on any atom is 0.254 e. The van der Waals surface area contributed by atoms with Crippen LogP contribution in [0.5, 0.6) is 0 Å². The van der Waals surface area contributed by atoms with Crippen molar-refractivity contribution in [3.8, 4) is 0 Å². The van der Waals surface area contributed by atoms with Gasteiger partial charge in [0.1, 0.15) is 0 Å². The Bertz CT molecular complexity index is 906. The molecule has 0 aliphatic heterocycles. The fourth-order valence-corrected chi connectivity index (χ4v) is 2.96. The zero-order valence-corrected chi connectivity index (χ0v) is 16.0. The van der Waals surface area contributed by atoms with Gasteiger partial charge >= 0.3 is 0 Å². The molecule has 0 aliphatic carbocycles. The molecule has 0 atom stereocenters. The van der Waals surface area contributed by atoms with E-state index in [1.165, 1.54) is 0 Å². The van der Waals surface area contributed by atoms with Gasteiger partial charge in [0.15, 0.2) is 0 Å². The van der Waals surface area contributed by atoms with Gasteiger partial charge < -0.3 is 10.2 Å². The summed E-state index contributed by atoms with van der Waals surface area (Å²) in [5.74, 6) is -0.193. The van der Waals surface area contributed by atoms with Crippen LogP contribution in [0, 0.1) is 0 Å². The average molecular weight is 372 g/mol. The average Bonchev–Trinajstić information content (AvgIpc) is 2.77. The van der Waals surface area contributed by atoms with E-state index in [-0.39, 0.29) is 11.8 Å². The third-order valence-electron chi connectivity index (χ3n) is 4.58. The summed E-state index contributed by atoms with van der Waals surface area (Å²) in [5.41, 5.74) is 3.26. The minimum atomic E-state index is -0.153. The Hall–Kier alpha value is -3.40. The van der Waals surface area contributed by atoms with Crippen LogP contribution in [-0.4, -0.2) is 23.3 Å². The highest BCUT2D eigenvalue weighted by Gasteiger charge is 2.15. The van der Waals surface area contributed by atoms with Crippen LogP contribution < -0.4 is 5.32 Å². The van der Waals surface area contributed by atoms with E-state index < -0.39 is 0 Å². The molecule has 0 aliphatic rings. The van der Waals surface area contributed by atoms with E-state index in [1.807, 2.05) is 67.6 Å². The van der Waals surface area contributed by atoms with Crippen molar-refractivity contribution >= 4 is 11.8 Å². The first-order valence-corrected chi connectivity index (χ1v) is 9.42.